The van der Waals surface area contributed by atoms with Crippen LogP contribution in [0.5, 0.6) is 0 Å². The standard InChI is InChI=1S/C31H32ClF3N4O3S/c1-20-9-11-39(12-10-20)24-6-8-28(37-29(41)23-4-2-3-22(15-23)19-43-14-13-40)25(17-24)30(42)38-36-18-21-5-7-27(32)26(16-21)31(33,34)35/h2-8,15-18,20,40H,9-14,19H2,1H3,(H,37,41)(H,38,42)/b36-18-. The van der Waals surface area contributed by atoms with Gasteiger partial charge in [-0.05, 0) is 72.4 Å². The first-order valence-corrected chi connectivity index (χ1v) is 15.3. The maximum Gasteiger partial charge on any atom is 0.417 e. The van der Waals surface area contributed by atoms with Gasteiger partial charge in [0.25, 0.3) is 11.8 Å². The molecule has 1 aliphatic heterocycles. The van der Waals surface area contributed by atoms with E-state index in [1.807, 2.05) is 12.1 Å². The Kier molecular flexibility index (Phi) is 11.1. The van der Waals surface area contributed by atoms with Crippen LogP contribution in [0.15, 0.2) is 65.8 Å². The van der Waals surface area contributed by atoms with Gasteiger partial charge in [-0.1, -0.05) is 36.7 Å². The molecule has 43 heavy (non-hydrogen) atoms. The average molecular weight is 633 g/mol. The number of hydrazone groups is 1. The number of carbonyl (C=O) groups excluding carboxylic acids is 2. The van der Waals surface area contributed by atoms with E-state index in [1.54, 1.807) is 42.1 Å². The zero-order valence-electron chi connectivity index (χ0n) is 23.5. The lowest BCUT2D eigenvalue weighted by molar-refractivity contribution is -0.137. The average Bonchev–Trinajstić information content (AvgIpc) is 2.98. The molecule has 3 aromatic rings. The minimum absolute atomic E-state index is 0.0699. The second kappa shape index (κ2) is 14.8. The highest BCUT2D eigenvalue weighted by molar-refractivity contribution is 7.98. The van der Waals surface area contributed by atoms with Crippen LogP contribution < -0.4 is 15.6 Å². The second-order valence-corrected chi connectivity index (χ2v) is 11.8. The first-order chi connectivity index (χ1) is 20.5. The molecule has 3 aromatic carbocycles. The molecule has 0 bridgehead atoms. The van der Waals surface area contributed by atoms with Crippen molar-refractivity contribution >= 4 is 52.8 Å². The van der Waals surface area contributed by atoms with Gasteiger partial charge >= 0.3 is 6.18 Å². The minimum atomic E-state index is -4.64. The number of hydrogen-bond donors (Lipinski definition) is 3. The Morgan fingerprint density at radius 1 is 1.09 bits per heavy atom. The van der Waals surface area contributed by atoms with E-state index in [2.05, 4.69) is 27.7 Å². The van der Waals surface area contributed by atoms with Crippen molar-refractivity contribution < 1.29 is 27.9 Å². The summed E-state index contributed by atoms with van der Waals surface area (Å²) in [5, 5.41) is 15.3. The number of halogens is 4. The molecule has 2 amide bonds. The van der Waals surface area contributed by atoms with E-state index in [9.17, 15) is 22.8 Å². The Morgan fingerprint density at radius 3 is 2.58 bits per heavy atom. The van der Waals surface area contributed by atoms with Crippen molar-refractivity contribution in [2.75, 3.05) is 35.7 Å². The third-order valence-corrected chi connectivity index (χ3v) is 8.35. The maximum atomic E-state index is 13.3. The van der Waals surface area contributed by atoms with Crippen molar-refractivity contribution in [3.8, 4) is 0 Å². The van der Waals surface area contributed by atoms with Crippen LogP contribution in [0.1, 0.15) is 57.2 Å². The van der Waals surface area contributed by atoms with E-state index >= 15 is 0 Å². The molecule has 4 rings (SSSR count). The summed E-state index contributed by atoms with van der Waals surface area (Å²) in [6.45, 7) is 3.92. The third kappa shape index (κ3) is 8.98. The highest BCUT2D eigenvalue weighted by atomic mass is 35.5. The van der Waals surface area contributed by atoms with Crippen LogP contribution in [0.2, 0.25) is 5.02 Å². The number of piperidine rings is 1. The summed E-state index contributed by atoms with van der Waals surface area (Å²) >= 11 is 7.24. The Balaban J connectivity index is 1.56. The molecular formula is C31H32ClF3N4O3S. The predicted molar refractivity (Wildman–Crippen MR) is 166 cm³/mol. The molecule has 7 nitrogen and oxygen atoms in total. The van der Waals surface area contributed by atoms with Gasteiger partial charge in [0.1, 0.15) is 0 Å². The van der Waals surface area contributed by atoms with Crippen molar-refractivity contribution in [1.82, 2.24) is 5.43 Å². The molecule has 0 aliphatic carbocycles. The Labute approximate surface area is 257 Å². The van der Waals surface area contributed by atoms with Crippen molar-refractivity contribution in [2.24, 2.45) is 11.0 Å². The topological polar surface area (TPSA) is 94.0 Å². The molecule has 1 saturated heterocycles. The van der Waals surface area contributed by atoms with Gasteiger partial charge in [0.2, 0.25) is 0 Å². The van der Waals surface area contributed by atoms with Crippen LogP contribution in [-0.2, 0) is 11.9 Å². The predicted octanol–water partition coefficient (Wildman–Crippen LogP) is 6.84. The Hall–Kier alpha value is -3.54. The van der Waals surface area contributed by atoms with Crippen molar-refractivity contribution in [3.05, 3.63) is 93.5 Å². The molecular weight excluding hydrogens is 601 g/mol. The summed E-state index contributed by atoms with van der Waals surface area (Å²) in [6.07, 6.45) is -1.52. The maximum absolute atomic E-state index is 13.3. The van der Waals surface area contributed by atoms with Crippen molar-refractivity contribution in [1.29, 1.82) is 0 Å². The number of nitrogens with one attached hydrogen (secondary N) is 2. The number of alkyl halides is 3. The number of aliphatic hydroxyl groups is 1. The molecule has 1 aliphatic rings. The Morgan fingerprint density at radius 2 is 1.86 bits per heavy atom. The smallest absolute Gasteiger partial charge is 0.396 e. The van der Waals surface area contributed by atoms with E-state index in [1.165, 1.54) is 6.07 Å². The monoisotopic (exact) mass is 632 g/mol. The molecule has 12 heteroatoms. The van der Waals surface area contributed by atoms with Gasteiger partial charge in [0.15, 0.2) is 0 Å². The summed E-state index contributed by atoms with van der Waals surface area (Å²) in [4.78, 5) is 28.7. The van der Waals surface area contributed by atoms with Gasteiger partial charge in [0, 0.05) is 35.8 Å². The number of anilines is 2. The second-order valence-electron chi connectivity index (χ2n) is 10.3. The van der Waals surface area contributed by atoms with Crippen LogP contribution in [0.4, 0.5) is 24.5 Å². The normalized spacial score (nSPS) is 14.2. The lowest BCUT2D eigenvalue weighted by Gasteiger charge is -2.32. The summed E-state index contributed by atoms with van der Waals surface area (Å²) in [7, 11) is 0. The first kappa shape index (κ1) is 32.4. The van der Waals surface area contributed by atoms with E-state index in [0.29, 0.717) is 23.0 Å². The summed E-state index contributed by atoms with van der Waals surface area (Å²) in [6, 6.07) is 15.6. The third-order valence-electron chi connectivity index (χ3n) is 7.01. The zero-order chi connectivity index (χ0) is 31.0. The number of benzene rings is 3. The van der Waals surface area contributed by atoms with Gasteiger partial charge in [-0.3, -0.25) is 9.59 Å². The van der Waals surface area contributed by atoms with E-state index in [-0.39, 0.29) is 23.4 Å². The molecule has 0 unspecified atom stereocenters. The molecule has 0 spiro atoms. The number of nitrogens with zero attached hydrogens (tertiary/aromatic N) is 2. The number of amides is 2. The quantitative estimate of drug-likeness (QED) is 0.129. The molecule has 228 valence electrons. The summed E-state index contributed by atoms with van der Waals surface area (Å²) < 4.78 is 39.7. The molecule has 3 N–H and O–H groups in total. The fourth-order valence-electron chi connectivity index (χ4n) is 4.61. The molecule has 1 fully saturated rings. The molecule has 0 aromatic heterocycles. The fraction of sp³-hybridized carbons (Fsp3) is 0.323. The van der Waals surface area contributed by atoms with Crippen LogP contribution in [0.3, 0.4) is 0 Å². The highest BCUT2D eigenvalue weighted by Gasteiger charge is 2.33. The largest absolute Gasteiger partial charge is 0.417 e. The van der Waals surface area contributed by atoms with Crippen LogP contribution in [-0.4, -0.2) is 48.6 Å². The van der Waals surface area contributed by atoms with Crippen LogP contribution in [0, 0.1) is 5.92 Å². The molecule has 1 heterocycles. The Bertz CT molecular complexity index is 1480. The zero-order valence-corrected chi connectivity index (χ0v) is 25.0. The number of thioether (sulfide) groups is 1. The van der Waals surface area contributed by atoms with Gasteiger partial charge in [-0.25, -0.2) is 5.43 Å². The van der Waals surface area contributed by atoms with Gasteiger partial charge in [0.05, 0.1) is 34.7 Å². The number of hydrogen-bond acceptors (Lipinski definition) is 6. The summed E-state index contributed by atoms with van der Waals surface area (Å²) in [5.41, 5.74) is 4.02. The lowest BCUT2D eigenvalue weighted by atomic mass is 9.98. The molecule has 0 saturated carbocycles. The number of aliphatic hydroxyl groups excluding tert-OH is 1. The van der Waals surface area contributed by atoms with Gasteiger partial charge in [-0.15, -0.1) is 0 Å². The molecule has 0 atom stereocenters. The summed E-state index contributed by atoms with van der Waals surface area (Å²) in [5.74, 6) is 0.774. The SMILES string of the molecule is CC1CCN(c2ccc(NC(=O)c3cccc(CSCCO)c3)c(C(=O)N/N=C\c3ccc(Cl)c(C(F)(F)F)c3)c2)CC1. The van der Waals surface area contributed by atoms with Gasteiger partial charge in [-0.2, -0.15) is 30.0 Å². The number of carbonyl (C=O) groups is 2. The minimum Gasteiger partial charge on any atom is -0.396 e. The van der Waals surface area contributed by atoms with E-state index < -0.39 is 28.6 Å². The fourth-order valence-corrected chi connectivity index (χ4v) is 5.52. The first-order valence-electron chi connectivity index (χ1n) is 13.7. The van der Waals surface area contributed by atoms with Crippen molar-refractivity contribution in [3.63, 3.8) is 0 Å². The van der Waals surface area contributed by atoms with E-state index in [4.69, 9.17) is 16.7 Å². The highest BCUT2D eigenvalue weighted by Crippen LogP contribution is 2.35. The van der Waals surface area contributed by atoms with Crippen LogP contribution >= 0.6 is 23.4 Å². The van der Waals surface area contributed by atoms with Crippen molar-refractivity contribution in [2.45, 2.75) is 31.7 Å². The lowest BCUT2D eigenvalue weighted by Crippen LogP contribution is -2.33. The molecule has 0 radical (unpaired) electrons. The van der Waals surface area contributed by atoms with Crippen LogP contribution in [0.25, 0.3) is 0 Å². The number of rotatable bonds is 10. The van der Waals surface area contributed by atoms with Gasteiger partial charge < -0.3 is 15.3 Å². The van der Waals surface area contributed by atoms with E-state index in [0.717, 1.165) is 55.5 Å².